The van der Waals surface area contributed by atoms with Gasteiger partial charge in [0.1, 0.15) is 0 Å². The first kappa shape index (κ1) is 13.0. The highest BCUT2D eigenvalue weighted by Gasteiger charge is 2.22. The van der Waals surface area contributed by atoms with Crippen LogP contribution in [0.5, 0.6) is 0 Å². The van der Waals surface area contributed by atoms with Crippen molar-refractivity contribution >= 4 is 17.5 Å². The Labute approximate surface area is 102 Å². The van der Waals surface area contributed by atoms with Crippen LogP contribution in [0.1, 0.15) is 39.3 Å². The van der Waals surface area contributed by atoms with Gasteiger partial charge in [0.25, 0.3) is 0 Å². The quantitative estimate of drug-likeness (QED) is 0.840. The molecule has 1 amide bonds. The molecule has 1 aromatic rings. The van der Waals surface area contributed by atoms with Crippen LogP contribution >= 0.6 is 11.6 Å². The fourth-order valence-corrected chi connectivity index (χ4v) is 1.47. The van der Waals surface area contributed by atoms with Gasteiger partial charge in [-0.3, -0.25) is 4.79 Å². The van der Waals surface area contributed by atoms with Crippen molar-refractivity contribution in [2.75, 3.05) is 0 Å². The Bertz CT molecular complexity index is 382. The summed E-state index contributed by atoms with van der Waals surface area (Å²) in [6.07, 6.45) is 0. The minimum Gasteiger partial charge on any atom is -0.349 e. The molecule has 0 fully saturated rings. The van der Waals surface area contributed by atoms with E-state index in [1.807, 2.05) is 52.0 Å². The van der Waals surface area contributed by atoms with Crippen molar-refractivity contribution in [3.8, 4) is 0 Å². The Morgan fingerprint density at radius 1 is 1.38 bits per heavy atom. The molecule has 0 aliphatic heterocycles. The Morgan fingerprint density at radius 2 is 2.00 bits per heavy atom. The average Bonchev–Trinajstić information content (AvgIpc) is 2.16. The number of benzene rings is 1. The highest BCUT2D eigenvalue weighted by molar-refractivity contribution is 6.30. The molecule has 0 heterocycles. The third-order valence-corrected chi connectivity index (χ3v) is 2.61. The molecule has 0 saturated heterocycles. The van der Waals surface area contributed by atoms with Gasteiger partial charge in [-0.25, -0.2) is 0 Å². The SMILES string of the molecule is C[C@@H](NC(=O)C(C)(C)C)c1cccc(Cl)c1. The summed E-state index contributed by atoms with van der Waals surface area (Å²) in [4.78, 5) is 11.8. The monoisotopic (exact) mass is 239 g/mol. The molecule has 0 bridgehead atoms. The van der Waals surface area contributed by atoms with E-state index in [4.69, 9.17) is 11.6 Å². The molecule has 0 spiro atoms. The van der Waals surface area contributed by atoms with Crippen molar-refractivity contribution in [2.24, 2.45) is 5.41 Å². The number of hydrogen-bond acceptors (Lipinski definition) is 1. The second-order valence-corrected chi connectivity index (χ2v) is 5.44. The van der Waals surface area contributed by atoms with E-state index in [-0.39, 0.29) is 17.4 Å². The van der Waals surface area contributed by atoms with E-state index >= 15 is 0 Å². The molecule has 16 heavy (non-hydrogen) atoms. The zero-order valence-corrected chi connectivity index (χ0v) is 10.9. The van der Waals surface area contributed by atoms with Crippen molar-refractivity contribution in [2.45, 2.75) is 33.7 Å². The first-order valence-corrected chi connectivity index (χ1v) is 5.75. The largest absolute Gasteiger partial charge is 0.349 e. The van der Waals surface area contributed by atoms with Gasteiger partial charge in [-0.2, -0.15) is 0 Å². The van der Waals surface area contributed by atoms with E-state index in [9.17, 15) is 4.79 Å². The molecule has 1 atom stereocenters. The fourth-order valence-electron chi connectivity index (χ4n) is 1.27. The van der Waals surface area contributed by atoms with Crippen LogP contribution in [-0.4, -0.2) is 5.91 Å². The van der Waals surface area contributed by atoms with Gasteiger partial charge in [0.15, 0.2) is 0 Å². The average molecular weight is 240 g/mol. The smallest absolute Gasteiger partial charge is 0.225 e. The lowest BCUT2D eigenvalue weighted by Crippen LogP contribution is -2.36. The Morgan fingerprint density at radius 3 is 2.50 bits per heavy atom. The van der Waals surface area contributed by atoms with Crippen molar-refractivity contribution in [1.29, 1.82) is 0 Å². The van der Waals surface area contributed by atoms with Crippen molar-refractivity contribution in [1.82, 2.24) is 5.32 Å². The van der Waals surface area contributed by atoms with Crippen LogP contribution in [0.3, 0.4) is 0 Å². The molecular formula is C13H18ClNO. The first-order valence-electron chi connectivity index (χ1n) is 5.37. The molecule has 0 aliphatic rings. The second kappa shape index (κ2) is 4.88. The summed E-state index contributed by atoms with van der Waals surface area (Å²) in [5, 5.41) is 3.65. The molecule has 88 valence electrons. The van der Waals surface area contributed by atoms with Gasteiger partial charge in [0.05, 0.1) is 6.04 Å². The van der Waals surface area contributed by atoms with E-state index in [2.05, 4.69) is 5.32 Å². The summed E-state index contributed by atoms with van der Waals surface area (Å²) in [5.41, 5.74) is 0.650. The molecule has 0 aliphatic carbocycles. The molecule has 0 saturated carbocycles. The molecule has 0 aromatic heterocycles. The van der Waals surface area contributed by atoms with Crippen LogP contribution in [0.4, 0.5) is 0 Å². The molecule has 1 aromatic carbocycles. The van der Waals surface area contributed by atoms with E-state index < -0.39 is 0 Å². The topological polar surface area (TPSA) is 29.1 Å². The number of amides is 1. The highest BCUT2D eigenvalue weighted by atomic mass is 35.5. The number of hydrogen-bond donors (Lipinski definition) is 1. The summed E-state index contributed by atoms with van der Waals surface area (Å²) in [6, 6.07) is 7.51. The van der Waals surface area contributed by atoms with E-state index in [0.717, 1.165) is 5.56 Å². The number of carbonyl (C=O) groups is 1. The maximum Gasteiger partial charge on any atom is 0.225 e. The normalized spacial score (nSPS) is 13.3. The molecular weight excluding hydrogens is 222 g/mol. The highest BCUT2D eigenvalue weighted by Crippen LogP contribution is 2.20. The minimum absolute atomic E-state index is 0.0228. The van der Waals surface area contributed by atoms with Gasteiger partial charge in [0.2, 0.25) is 5.91 Å². The summed E-state index contributed by atoms with van der Waals surface area (Å²) >= 11 is 5.90. The third-order valence-electron chi connectivity index (χ3n) is 2.38. The lowest BCUT2D eigenvalue weighted by atomic mass is 9.95. The fraction of sp³-hybridized carbons (Fsp3) is 0.462. The van der Waals surface area contributed by atoms with Crippen molar-refractivity contribution in [3.05, 3.63) is 34.9 Å². The van der Waals surface area contributed by atoms with E-state index in [1.54, 1.807) is 0 Å². The number of rotatable bonds is 2. The zero-order valence-electron chi connectivity index (χ0n) is 10.2. The van der Waals surface area contributed by atoms with Gasteiger partial charge in [0, 0.05) is 10.4 Å². The Hall–Kier alpha value is -1.02. The number of halogens is 1. The van der Waals surface area contributed by atoms with Crippen LogP contribution in [0, 0.1) is 5.41 Å². The van der Waals surface area contributed by atoms with Gasteiger partial charge in [-0.1, -0.05) is 44.5 Å². The van der Waals surface area contributed by atoms with Gasteiger partial charge in [-0.05, 0) is 24.6 Å². The maximum absolute atomic E-state index is 11.8. The summed E-state index contributed by atoms with van der Waals surface area (Å²) in [6.45, 7) is 7.64. The Kier molecular flexibility index (Phi) is 3.98. The predicted molar refractivity (Wildman–Crippen MR) is 67.5 cm³/mol. The van der Waals surface area contributed by atoms with Crippen molar-refractivity contribution < 1.29 is 4.79 Å². The van der Waals surface area contributed by atoms with Crippen molar-refractivity contribution in [3.63, 3.8) is 0 Å². The molecule has 0 unspecified atom stereocenters. The summed E-state index contributed by atoms with van der Waals surface area (Å²) < 4.78 is 0. The molecule has 1 N–H and O–H groups in total. The molecule has 1 rings (SSSR count). The standard InChI is InChI=1S/C13H18ClNO/c1-9(15-12(16)13(2,3)4)10-6-5-7-11(14)8-10/h5-9H,1-4H3,(H,15,16)/t9-/m1/s1. The van der Waals surface area contributed by atoms with Gasteiger partial charge in [-0.15, -0.1) is 0 Å². The van der Waals surface area contributed by atoms with Crippen LogP contribution in [0.15, 0.2) is 24.3 Å². The molecule has 2 nitrogen and oxygen atoms in total. The van der Waals surface area contributed by atoms with Crippen LogP contribution in [-0.2, 0) is 4.79 Å². The van der Waals surface area contributed by atoms with Gasteiger partial charge < -0.3 is 5.32 Å². The van der Waals surface area contributed by atoms with E-state index in [1.165, 1.54) is 0 Å². The maximum atomic E-state index is 11.8. The molecule has 0 radical (unpaired) electrons. The van der Waals surface area contributed by atoms with Crippen LogP contribution in [0.2, 0.25) is 5.02 Å². The van der Waals surface area contributed by atoms with E-state index in [0.29, 0.717) is 5.02 Å². The zero-order chi connectivity index (χ0) is 12.3. The van der Waals surface area contributed by atoms with Gasteiger partial charge >= 0.3 is 0 Å². The third kappa shape index (κ3) is 3.53. The minimum atomic E-state index is -0.368. The lowest BCUT2D eigenvalue weighted by molar-refractivity contribution is -0.129. The summed E-state index contributed by atoms with van der Waals surface area (Å²) in [5.74, 6) is 0.0416. The first-order chi connectivity index (χ1) is 7.30. The number of carbonyl (C=O) groups excluding carboxylic acids is 1. The Balaban J connectivity index is 2.73. The molecule has 3 heteroatoms. The number of nitrogens with one attached hydrogen (secondary N) is 1. The second-order valence-electron chi connectivity index (χ2n) is 5.00. The van der Waals surface area contributed by atoms with Crippen LogP contribution in [0.25, 0.3) is 0 Å². The van der Waals surface area contributed by atoms with Crippen LogP contribution < -0.4 is 5.32 Å². The predicted octanol–water partition coefficient (Wildman–Crippen LogP) is 3.56. The lowest BCUT2D eigenvalue weighted by Gasteiger charge is -2.22. The summed E-state index contributed by atoms with van der Waals surface area (Å²) in [7, 11) is 0.